The third-order valence-electron chi connectivity index (χ3n) is 3.25. The number of nitrogens with one attached hydrogen (secondary N) is 2. The molecule has 0 aliphatic heterocycles. The van der Waals surface area contributed by atoms with E-state index in [1.165, 1.54) is 12.1 Å². The van der Waals surface area contributed by atoms with Gasteiger partial charge in [-0.25, -0.2) is 4.98 Å². The van der Waals surface area contributed by atoms with Crippen LogP contribution in [0.5, 0.6) is 0 Å². The SMILES string of the molecule is O=C(CSc1n[nH]c(-c2ccc(Cl)cc2Cl)n1)Nc1c(Cl)cc(Cl)cc1Cl. The van der Waals surface area contributed by atoms with Crippen molar-refractivity contribution < 1.29 is 4.79 Å². The van der Waals surface area contributed by atoms with Crippen LogP contribution in [0, 0.1) is 0 Å². The molecule has 140 valence electrons. The number of H-pyrrole nitrogens is 1. The Morgan fingerprint density at radius 2 is 1.67 bits per heavy atom. The molecule has 0 saturated carbocycles. The molecule has 1 aromatic heterocycles. The van der Waals surface area contributed by atoms with Gasteiger partial charge in [-0.15, -0.1) is 5.10 Å². The maximum atomic E-state index is 12.2. The van der Waals surface area contributed by atoms with E-state index in [2.05, 4.69) is 20.5 Å². The molecule has 1 amide bonds. The molecule has 5 nitrogen and oxygen atoms in total. The second-order valence-corrected chi connectivity index (χ2v) is 8.21. The first-order chi connectivity index (χ1) is 12.8. The zero-order valence-electron chi connectivity index (χ0n) is 13.2. The van der Waals surface area contributed by atoms with Crippen molar-refractivity contribution in [2.75, 3.05) is 11.1 Å². The van der Waals surface area contributed by atoms with Gasteiger partial charge in [-0.05, 0) is 30.3 Å². The Morgan fingerprint density at radius 3 is 2.33 bits per heavy atom. The summed E-state index contributed by atoms with van der Waals surface area (Å²) in [5, 5.41) is 11.7. The molecule has 0 fully saturated rings. The molecule has 0 unspecified atom stereocenters. The first kappa shape index (κ1) is 20.6. The van der Waals surface area contributed by atoms with E-state index in [0.717, 1.165) is 11.8 Å². The number of carbonyl (C=O) groups is 1. The van der Waals surface area contributed by atoms with Crippen LogP contribution >= 0.6 is 69.8 Å². The molecule has 0 saturated heterocycles. The van der Waals surface area contributed by atoms with E-state index in [1.54, 1.807) is 18.2 Å². The standard InChI is InChI=1S/C16H9Cl5N4OS/c17-7-1-2-9(10(19)3-7)15-23-16(25-24-15)27-6-13(26)22-14-11(20)4-8(18)5-12(14)21/h1-5H,6H2,(H,22,26)(H,23,24,25). The number of benzene rings is 2. The van der Waals surface area contributed by atoms with Gasteiger partial charge in [0.1, 0.15) is 0 Å². The predicted octanol–water partition coefficient (Wildman–Crippen LogP) is 6.47. The highest BCUT2D eigenvalue weighted by Gasteiger charge is 2.14. The molecule has 2 N–H and O–H groups in total. The van der Waals surface area contributed by atoms with Gasteiger partial charge in [0.05, 0.1) is 26.5 Å². The monoisotopic (exact) mass is 480 g/mol. The Hall–Kier alpha value is -1.15. The quantitative estimate of drug-likeness (QED) is 0.409. The Bertz CT molecular complexity index is 987. The van der Waals surface area contributed by atoms with Crippen LogP contribution in [0.2, 0.25) is 25.1 Å². The summed E-state index contributed by atoms with van der Waals surface area (Å²) >= 11 is 31.1. The van der Waals surface area contributed by atoms with Gasteiger partial charge >= 0.3 is 0 Å². The minimum atomic E-state index is -0.318. The number of hydrogen-bond donors (Lipinski definition) is 2. The Morgan fingerprint density at radius 1 is 1.00 bits per heavy atom. The van der Waals surface area contributed by atoms with E-state index >= 15 is 0 Å². The number of halogens is 5. The number of nitrogens with zero attached hydrogens (tertiary/aromatic N) is 2. The molecule has 2 aromatic carbocycles. The molecular weight excluding hydrogens is 474 g/mol. The van der Waals surface area contributed by atoms with Crippen molar-refractivity contribution in [2.24, 2.45) is 0 Å². The van der Waals surface area contributed by atoms with Gasteiger partial charge in [-0.1, -0.05) is 69.8 Å². The van der Waals surface area contributed by atoms with E-state index < -0.39 is 0 Å². The molecule has 0 aliphatic rings. The van der Waals surface area contributed by atoms with E-state index in [-0.39, 0.29) is 21.7 Å². The minimum Gasteiger partial charge on any atom is -0.323 e. The third-order valence-corrected chi connectivity index (χ3v) is 5.46. The van der Waals surface area contributed by atoms with Crippen molar-refractivity contribution >= 4 is 81.4 Å². The lowest BCUT2D eigenvalue weighted by Gasteiger charge is -2.09. The maximum absolute atomic E-state index is 12.2. The molecule has 0 bridgehead atoms. The number of amides is 1. The van der Waals surface area contributed by atoms with Gasteiger partial charge in [0, 0.05) is 15.6 Å². The second kappa shape index (κ2) is 8.90. The summed E-state index contributed by atoms with van der Waals surface area (Å²) in [6, 6.07) is 8.03. The van der Waals surface area contributed by atoms with Crippen LogP contribution in [-0.2, 0) is 4.79 Å². The van der Waals surface area contributed by atoms with Crippen molar-refractivity contribution in [3.63, 3.8) is 0 Å². The van der Waals surface area contributed by atoms with Crippen LogP contribution in [0.4, 0.5) is 5.69 Å². The van der Waals surface area contributed by atoms with Crippen molar-refractivity contribution in [3.05, 3.63) is 55.4 Å². The van der Waals surface area contributed by atoms with Gasteiger partial charge in [-0.2, -0.15) is 0 Å². The molecule has 1 heterocycles. The Labute approximate surface area is 183 Å². The average molecular weight is 483 g/mol. The molecule has 3 rings (SSSR count). The van der Waals surface area contributed by atoms with E-state index in [9.17, 15) is 4.79 Å². The largest absolute Gasteiger partial charge is 0.323 e. The van der Waals surface area contributed by atoms with Crippen LogP contribution in [0.1, 0.15) is 0 Å². The fraction of sp³-hybridized carbons (Fsp3) is 0.0625. The van der Waals surface area contributed by atoms with Gasteiger partial charge in [0.2, 0.25) is 11.1 Å². The van der Waals surface area contributed by atoms with Crippen molar-refractivity contribution in [1.82, 2.24) is 15.2 Å². The van der Waals surface area contributed by atoms with Gasteiger partial charge in [-0.3, -0.25) is 9.89 Å². The summed E-state index contributed by atoms with van der Waals surface area (Å²) in [4.78, 5) is 16.5. The topological polar surface area (TPSA) is 70.7 Å². The summed E-state index contributed by atoms with van der Waals surface area (Å²) in [6.07, 6.45) is 0. The molecule has 11 heteroatoms. The summed E-state index contributed by atoms with van der Waals surface area (Å²) < 4.78 is 0. The summed E-state index contributed by atoms with van der Waals surface area (Å²) in [5.74, 6) is 0.214. The molecule has 3 aromatic rings. The van der Waals surface area contributed by atoms with Gasteiger partial charge < -0.3 is 5.32 Å². The number of aromatic amines is 1. The highest BCUT2D eigenvalue weighted by Crippen LogP contribution is 2.34. The first-order valence-corrected chi connectivity index (χ1v) is 10.2. The molecule has 0 spiro atoms. The summed E-state index contributed by atoms with van der Waals surface area (Å²) in [6.45, 7) is 0. The lowest BCUT2D eigenvalue weighted by atomic mass is 10.2. The molecule has 0 aliphatic carbocycles. The Kier molecular flexibility index (Phi) is 6.78. The molecule has 0 radical (unpaired) electrons. The first-order valence-electron chi connectivity index (χ1n) is 7.28. The van der Waals surface area contributed by atoms with E-state index in [4.69, 9.17) is 58.0 Å². The van der Waals surface area contributed by atoms with E-state index in [0.29, 0.717) is 37.3 Å². The smallest absolute Gasteiger partial charge is 0.234 e. The summed E-state index contributed by atoms with van der Waals surface area (Å²) in [5.41, 5.74) is 0.960. The van der Waals surface area contributed by atoms with Crippen LogP contribution in [-0.4, -0.2) is 26.8 Å². The average Bonchev–Trinajstić information content (AvgIpc) is 3.05. The fourth-order valence-corrected chi connectivity index (χ4v) is 4.09. The highest BCUT2D eigenvalue weighted by atomic mass is 35.5. The van der Waals surface area contributed by atoms with Crippen LogP contribution in [0.3, 0.4) is 0 Å². The second-order valence-electron chi connectivity index (χ2n) is 5.17. The van der Waals surface area contributed by atoms with Gasteiger partial charge in [0.25, 0.3) is 0 Å². The lowest BCUT2D eigenvalue weighted by Crippen LogP contribution is -2.14. The summed E-state index contributed by atoms with van der Waals surface area (Å²) in [7, 11) is 0. The van der Waals surface area contributed by atoms with Crippen molar-refractivity contribution in [2.45, 2.75) is 5.16 Å². The number of thioether (sulfide) groups is 1. The van der Waals surface area contributed by atoms with Crippen LogP contribution in [0.15, 0.2) is 35.5 Å². The molecule has 27 heavy (non-hydrogen) atoms. The molecule has 0 atom stereocenters. The predicted molar refractivity (Wildman–Crippen MR) is 113 cm³/mol. The highest BCUT2D eigenvalue weighted by molar-refractivity contribution is 7.99. The number of aromatic nitrogens is 3. The van der Waals surface area contributed by atoms with Crippen LogP contribution < -0.4 is 5.32 Å². The zero-order chi connectivity index (χ0) is 19.6. The Balaban J connectivity index is 1.64. The zero-order valence-corrected chi connectivity index (χ0v) is 17.8. The van der Waals surface area contributed by atoms with Crippen molar-refractivity contribution in [3.8, 4) is 11.4 Å². The van der Waals surface area contributed by atoms with Crippen LogP contribution in [0.25, 0.3) is 11.4 Å². The number of carbonyl (C=O) groups excluding carboxylic acids is 1. The van der Waals surface area contributed by atoms with Crippen molar-refractivity contribution in [1.29, 1.82) is 0 Å². The maximum Gasteiger partial charge on any atom is 0.234 e. The lowest BCUT2D eigenvalue weighted by molar-refractivity contribution is -0.113. The molecular formula is C16H9Cl5N4OS. The van der Waals surface area contributed by atoms with E-state index in [1.807, 2.05) is 0 Å². The minimum absolute atomic E-state index is 0.0565. The normalized spacial score (nSPS) is 10.9. The fourth-order valence-electron chi connectivity index (χ4n) is 2.08. The van der Waals surface area contributed by atoms with Gasteiger partial charge in [0.15, 0.2) is 5.82 Å². The number of hydrogen-bond acceptors (Lipinski definition) is 4. The number of rotatable bonds is 5. The number of anilines is 1. The third kappa shape index (κ3) is 5.22.